The first-order valence-electron chi connectivity index (χ1n) is 6.89. The minimum absolute atomic E-state index is 0.125. The van der Waals surface area contributed by atoms with Crippen molar-refractivity contribution >= 4 is 6.09 Å². The zero-order valence-electron chi connectivity index (χ0n) is 10.5. The van der Waals surface area contributed by atoms with Gasteiger partial charge in [-0.15, -0.1) is 0 Å². The highest BCUT2D eigenvalue weighted by molar-refractivity contribution is 5.67. The summed E-state index contributed by atoms with van der Waals surface area (Å²) in [6.07, 6.45) is 9.53. The van der Waals surface area contributed by atoms with Gasteiger partial charge in [-0.1, -0.05) is 19.3 Å². The molecule has 1 aliphatic carbocycles. The van der Waals surface area contributed by atoms with E-state index < -0.39 is 0 Å². The third kappa shape index (κ3) is 4.19. The molecule has 1 saturated carbocycles. The molecule has 0 aromatic carbocycles. The van der Waals surface area contributed by atoms with Crippen molar-refractivity contribution in [2.24, 2.45) is 0 Å². The van der Waals surface area contributed by atoms with E-state index in [1.54, 1.807) is 4.90 Å². The van der Waals surface area contributed by atoms with Gasteiger partial charge >= 0.3 is 6.09 Å². The summed E-state index contributed by atoms with van der Waals surface area (Å²) in [5, 5.41) is 0. The fourth-order valence-electron chi connectivity index (χ4n) is 2.58. The lowest BCUT2D eigenvalue weighted by Crippen LogP contribution is -2.36. The smallest absolute Gasteiger partial charge is 0.411 e. The second-order valence-corrected chi connectivity index (χ2v) is 5.00. The molecule has 98 valence electrons. The number of carbonyl (C=O) groups is 1. The molecule has 0 radical (unpaired) electrons. The molecule has 0 bridgehead atoms. The molecule has 1 aliphatic heterocycles. The summed E-state index contributed by atoms with van der Waals surface area (Å²) in [4.78, 5) is 13.4. The molecular weight excluding hydrogens is 218 g/mol. The minimum atomic E-state index is -0.208. The Morgan fingerprint density at radius 3 is 2.35 bits per heavy atom. The van der Waals surface area contributed by atoms with Gasteiger partial charge in [-0.25, -0.2) is 4.79 Å². The predicted octanol–water partition coefficient (Wildman–Crippen LogP) is 2.92. The van der Waals surface area contributed by atoms with Crippen molar-refractivity contribution < 1.29 is 14.3 Å². The number of likely N-dealkylation sites (tertiary alicyclic amines) is 1. The highest BCUT2D eigenvalue weighted by atomic mass is 16.7. The van der Waals surface area contributed by atoms with Crippen molar-refractivity contribution in [1.29, 1.82) is 0 Å². The van der Waals surface area contributed by atoms with Gasteiger partial charge in [0.05, 0.1) is 6.10 Å². The van der Waals surface area contributed by atoms with E-state index in [4.69, 9.17) is 9.47 Å². The Balaban J connectivity index is 1.58. The third-order valence-electron chi connectivity index (χ3n) is 3.65. The van der Waals surface area contributed by atoms with Crippen LogP contribution in [-0.4, -0.2) is 37.0 Å². The molecule has 1 amide bonds. The van der Waals surface area contributed by atoms with E-state index in [-0.39, 0.29) is 12.9 Å². The monoisotopic (exact) mass is 241 g/mol. The maximum Gasteiger partial charge on any atom is 0.411 e. The molecule has 17 heavy (non-hydrogen) atoms. The van der Waals surface area contributed by atoms with Crippen molar-refractivity contribution in [3.8, 4) is 0 Å². The van der Waals surface area contributed by atoms with Gasteiger partial charge in [-0.3, -0.25) is 0 Å². The van der Waals surface area contributed by atoms with E-state index in [0.717, 1.165) is 38.8 Å². The van der Waals surface area contributed by atoms with E-state index in [1.165, 1.54) is 25.7 Å². The van der Waals surface area contributed by atoms with Crippen LogP contribution in [0.25, 0.3) is 0 Å². The topological polar surface area (TPSA) is 38.8 Å². The van der Waals surface area contributed by atoms with Crippen LogP contribution in [0, 0.1) is 0 Å². The van der Waals surface area contributed by atoms with E-state index in [2.05, 4.69) is 0 Å². The van der Waals surface area contributed by atoms with Crippen LogP contribution >= 0.6 is 0 Å². The Morgan fingerprint density at radius 2 is 1.65 bits per heavy atom. The maximum absolute atomic E-state index is 11.7. The summed E-state index contributed by atoms with van der Waals surface area (Å²) < 4.78 is 10.7. The predicted molar refractivity (Wildman–Crippen MR) is 64.7 cm³/mol. The molecule has 4 nitrogen and oxygen atoms in total. The highest BCUT2D eigenvalue weighted by Crippen LogP contribution is 2.20. The van der Waals surface area contributed by atoms with Crippen molar-refractivity contribution in [3.63, 3.8) is 0 Å². The van der Waals surface area contributed by atoms with Gasteiger partial charge in [0, 0.05) is 13.1 Å². The number of hydrogen-bond acceptors (Lipinski definition) is 3. The number of ether oxygens (including phenoxy) is 2. The van der Waals surface area contributed by atoms with Crippen molar-refractivity contribution in [1.82, 2.24) is 4.90 Å². The van der Waals surface area contributed by atoms with E-state index >= 15 is 0 Å². The highest BCUT2D eigenvalue weighted by Gasteiger charge is 2.19. The van der Waals surface area contributed by atoms with Crippen LogP contribution in [0.3, 0.4) is 0 Å². The second-order valence-electron chi connectivity index (χ2n) is 5.00. The van der Waals surface area contributed by atoms with Crippen LogP contribution in [0.4, 0.5) is 4.79 Å². The molecular formula is C13H23NO3. The average molecular weight is 241 g/mol. The van der Waals surface area contributed by atoms with Gasteiger partial charge in [0.2, 0.25) is 0 Å². The second kappa shape index (κ2) is 6.84. The SMILES string of the molecule is O=C(OCOC1CCCCC1)N1CCCCC1. The number of carbonyl (C=O) groups excluding carboxylic acids is 1. The molecule has 1 heterocycles. The lowest BCUT2D eigenvalue weighted by Gasteiger charge is -2.26. The van der Waals surface area contributed by atoms with Crippen LogP contribution in [0.2, 0.25) is 0 Å². The number of rotatable bonds is 3. The molecule has 0 aromatic heterocycles. The fraction of sp³-hybridized carbons (Fsp3) is 0.923. The Kier molecular flexibility index (Phi) is 5.10. The zero-order valence-corrected chi connectivity index (χ0v) is 10.5. The first-order chi connectivity index (χ1) is 8.36. The molecule has 0 atom stereocenters. The zero-order chi connectivity index (χ0) is 11.9. The molecule has 0 N–H and O–H groups in total. The Labute approximate surface area is 103 Å². The molecule has 0 aromatic rings. The van der Waals surface area contributed by atoms with Crippen LogP contribution in [0.1, 0.15) is 51.4 Å². The maximum atomic E-state index is 11.7. The molecule has 4 heteroatoms. The summed E-state index contributed by atoms with van der Waals surface area (Å²) >= 11 is 0. The summed E-state index contributed by atoms with van der Waals surface area (Å²) in [5.41, 5.74) is 0. The van der Waals surface area contributed by atoms with Gasteiger partial charge in [-0.05, 0) is 32.1 Å². The van der Waals surface area contributed by atoms with E-state index in [0.29, 0.717) is 6.10 Å². The Hall–Kier alpha value is -0.770. The molecule has 2 rings (SSSR count). The number of nitrogens with zero attached hydrogens (tertiary/aromatic N) is 1. The van der Waals surface area contributed by atoms with Crippen LogP contribution in [0.5, 0.6) is 0 Å². The Morgan fingerprint density at radius 1 is 1.00 bits per heavy atom. The third-order valence-corrected chi connectivity index (χ3v) is 3.65. The van der Waals surface area contributed by atoms with Crippen molar-refractivity contribution in [2.75, 3.05) is 19.9 Å². The van der Waals surface area contributed by atoms with Gasteiger partial charge in [0.1, 0.15) is 0 Å². The van der Waals surface area contributed by atoms with E-state index in [1.807, 2.05) is 0 Å². The summed E-state index contributed by atoms with van der Waals surface area (Å²) in [6.45, 7) is 1.80. The average Bonchev–Trinajstić information content (AvgIpc) is 2.41. The molecule has 1 saturated heterocycles. The molecule has 2 fully saturated rings. The first kappa shape index (κ1) is 12.7. The molecule has 0 unspecified atom stereocenters. The largest absolute Gasteiger partial charge is 0.422 e. The minimum Gasteiger partial charge on any atom is -0.422 e. The van der Waals surface area contributed by atoms with Crippen molar-refractivity contribution in [3.05, 3.63) is 0 Å². The quantitative estimate of drug-likeness (QED) is 0.713. The molecule has 2 aliphatic rings. The standard InChI is InChI=1S/C13H23NO3/c15-13(14-9-5-2-6-10-14)17-11-16-12-7-3-1-4-8-12/h12H,1-11H2. The van der Waals surface area contributed by atoms with Gasteiger partial charge < -0.3 is 14.4 Å². The van der Waals surface area contributed by atoms with E-state index in [9.17, 15) is 4.79 Å². The fourth-order valence-corrected chi connectivity index (χ4v) is 2.58. The summed E-state index contributed by atoms with van der Waals surface area (Å²) in [5.74, 6) is 0. The lowest BCUT2D eigenvalue weighted by molar-refractivity contribution is -0.0759. The number of piperidine rings is 1. The number of amides is 1. The van der Waals surface area contributed by atoms with Crippen molar-refractivity contribution in [2.45, 2.75) is 57.5 Å². The molecule has 0 spiro atoms. The van der Waals surface area contributed by atoms with Gasteiger partial charge in [0.15, 0.2) is 6.79 Å². The Bertz CT molecular complexity index is 233. The number of hydrogen-bond donors (Lipinski definition) is 0. The van der Waals surface area contributed by atoms with Crippen LogP contribution in [0.15, 0.2) is 0 Å². The normalized spacial score (nSPS) is 22.5. The lowest BCUT2D eigenvalue weighted by atomic mass is 9.98. The first-order valence-corrected chi connectivity index (χ1v) is 6.89. The van der Waals surface area contributed by atoms with Crippen LogP contribution in [-0.2, 0) is 9.47 Å². The summed E-state index contributed by atoms with van der Waals surface area (Å²) in [6, 6.07) is 0. The van der Waals surface area contributed by atoms with Gasteiger partial charge in [-0.2, -0.15) is 0 Å². The summed E-state index contributed by atoms with van der Waals surface area (Å²) in [7, 11) is 0. The van der Waals surface area contributed by atoms with Gasteiger partial charge in [0.25, 0.3) is 0 Å². The van der Waals surface area contributed by atoms with Crippen LogP contribution < -0.4 is 0 Å².